The summed E-state index contributed by atoms with van der Waals surface area (Å²) >= 11 is 9.42. The molecule has 1 aromatic rings. The first kappa shape index (κ1) is 10.3. The van der Waals surface area contributed by atoms with E-state index in [9.17, 15) is 0 Å². The maximum Gasteiger partial charge on any atom is 0.0499 e. The van der Waals surface area contributed by atoms with Crippen molar-refractivity contribution in [2.24, 2.45) is 5.92 Å². The van der Waals surface area contributed by atoms with Crippen LogP contribution in [0.3, 0.4) is 0 Å². The van der Waals surface area contributed by atoms with Crippen LogP contribution in [-0.2, 0) is 0 Å². The van der Waals surface area contributed by atoms with Crippen LogP contribution in [0.4, 0.5) is 5.69 Å². The zero-order valence-electron chi connectivity index (χ0n) is 7.89. The first-order chi connectivity index (χ1) is 6.75. The van der Waals surface area contributed by atoms with Crippen molar-refractivity contribution in [2.45, 2.75) is 19.3 Å². The number of benzene rings is 1. The van der Waals surface area contributed by atoms with Crippen LogP contribution in [0.1, 0.15) is 19.3 Å². The van der Waals surface area contributed by atoms with Gasteiger partial charge in [0.25, 0.3) is 0 Å². The van der Waals surface area contributed by atoms with E-state index in [0.717, 1.165) is 27.6 Å². The summed E-state index contributed by atoms with van der Waals surface area (Å²) in [7, 11) is 0. The zero-order valence-corrected chi connectivity index (χ0v) is 10.2. The van der Waals surface area contributed by atoms with Crippen LogP contribution in [0.5, 0.6) is 0 Å². The average Bonchev–Trinajstić information content (AvgIpc) is 2.08. The molecule has 0 aliphatic heterocycles. The molecule has 0 atom stereocenters. The van der Waals surface area contributed by atoms with Gasteiger partial charge in [0.05, 0.1) is 0 Å². The molecular weight excluding hydrogens is 261 g/mol. The largest absolute Gasteiger partial charge is 0.384 e. The lowest BCUT2D eigenvalue weighted by Crippen LogP contribution is -2.20. The SMILES string of the molecule is Clc1ccc(Br)c(NCC2CCC2)c1. The minimum Gasteiger partial charge on any atom is -0.384 e. The minimum atomic E-state index is 0.782. The third-order valence-electron chi connectivity index (χ3n) is 2.73. The Morgan fingerprint density at radius 2 is 2.21 bits per heavy atom. The third-order valence-corrected chi connectivity index (χ3v) is 3.66. The van der Waals surface area contributed by atoms with Crippen LogP contribution in [-0.4, -0.2) is 6.54 Å². The molecule has 0 bridgehead atoms. The van der Waals surface area contributed by atoms with Crippen molar-refractivity contribution < 1.29 is 0 Å². The van der Waals surface area contributed by atoms with E-state index in [0.29, 0.717) is 0 Å². The molecule has 1 aromatic carbocycles. The zero-order chi connectivity index (χ0) is 9.97. The first-order valence-electron chi connectivity index (χ1n) is 4.94. The third kappa shape index (κ3) is 2.43. The predicted octanol–water partition coefficient (Wildman–Crippen LogP) is 4.31. The van der Waals surface area contributed by atoms with Gasteiger partial charge in [-0.15, -0.1) is 0 Å². The Morgan fingerprint density at radius 1 is 1.43 bits per heavy atom. The van der Waals surface area contributed by atoms with Gasteiger partial charge in [0.1, 0.15) is 0 Å². The second-order valence-electron chi connectivity index (χ2n) is 3.80. The van der Waals surface area contributed by atoms with Gasteiger partial charge in [0, 0.05) is 21.7 Å². The van der Waals surface area contributed by atoms with Crippen LogP contribution >= 0.6 is 27.5 Å². The smallest absolute Gasteiger partial charge is 0.0499 e. The second-order valence-corrected chi connectivity index (χ2v) is 5.09. The van der Waals surface area contributed by atoms with Gasteiger partial charge in [-0.1, -0.05) is 18.0 Å². The van der Waals surface area contributed by atoms with Crippen molar-refractivity contribution in [3.63, 3.8) is 0 Å². The monoisotopic (exact) mass is 273 g/mol. The van der Waals surface area contributed by atoms with E-state index in [4.69, 9.17) is 11.6 Å². The summed E-state index contributed by atoms with van der Waals surface area (Å²) in [4.78, 5) is 0. The summed E-state index contributed by atoms with van der Waals surface area (Å²) < 4.78 is 1.08. The maximum atomic E-state index is 5.92. The van der Waals surface area contributed by atoms with E-state index < -0.39 is 0 Å². The van der Waals surface area contributed by atoms with Crippen molar-refractivity contribution in [3.05, 3.63) is 27.7 Å². The van der Waals surface area contributed by atoms with E-state index in [1.807, 2.05) is 18.2 Å². The molecule has 2 rings (SSSR count). The molecule has 1 N–H and O–H groups in total. The lowest BCUT2D eigenvalue weighted by molar-refractivity contribution is 0.333. The average molecular weight is 275 g/mol. The Hall–Kier alpha value is -0.210. The van der Waals surface area contributed by atoms with Gasteiger partial charge in [-0.05, 0) is 52.9 Å². The second kappa shape index (κ2) is 4.54. The molecule has 1 fully saturated rings. The van der Waals surface area contributed by atoms with Crippen molar-refractivity contribution in [2.75, 3.05) is 11.9 Å². The van der Waals surface area contributed by atoms with Gasteiger partial charge in [0.15, 0.2) is 0 Å². The van der Waals surface area contributed by atoms with Crippen molar-refractivity contribution >= 4 is 33.2 Å². The topological polar surface area (TPSA) is 12.0 Å². The lowest BCUT2D eigenvalue weighted by atomic mass is 9.85. The van der Waals surface area contributed by atoms with E-state index in [2.05, 4.69) is 21.2 Å². The highest BCUT2D eigenvalue weighted by molar-refractivity contribution is 9.10. The molecular formula is C11H13BrClN. The maximum absolute atomic E-state index is 5.92. The molecule has 1 nitrogen and oxygen atoms in total. The fraction of sp³-hybridized carbons (Fsp3) is 0.455. The molecule has 76 valence electrons. The Bertz CT molecular complexity index is 323. The van der Waals surface area contributed by atoms with Crippen LogP contribution in [0, 0.1) is 5.92 Å². The van der Waals surface area contributed by atoms with Crippen molar-refractivity contribution in [1.29, 1.82) is 0 Å². The summed E-state index contributed by atoms with van der Waals surface area (Å²) in [5.41, 5.74) is 1.10. The number of hydrogen-bond acceptors (Lipinski definition) is 1. The molecule has 1 aliphatic rings. The fourth-order valence-electron chi connectivity index (χ4n) is 1.58. The standard InChI is InChI=1S/C11H13BrClN/c12-10-5-4-9(13)6-11(10)14-7-8-2-1-3-8/h4-6,8,14H,1-3,7H2. The van der Waals surface area contributed by atoms with Crippen LogP contribution < -0.4 is 5.32 Å². The van der Waals surface area contributed by atoms with Gasteiger partial charge in [0.2, 0.25) is 0 Å². The molecule has 0 heterocycles. The summed E-state index contributed by atoms with van der Waals surface area (Å²) in [5.74, 6) is 0.862. The molecule has 1 aliphatic carbocycles. The summed E-state index contributed by atoms with van der Waals surface area (Å²) in [6, 6.07) is 5.83. The summed E-state index contributed by atoms with van der Waals surface area (Å²) in [5, 5.41) is 4.21. The number of rotatable bonds is 3. The van der Waals surface area contributed by atoms with Crippen LogP contribution in [0.2, 0.25) is 5.02 Å². The normalized spacial score (nSPS) is 16.4. The fourth-order valence-corrected chi connectivity index (χ4v) is 2.14. The van der Waals surface area contributed by atoms with Gasteiger partial charge in [-0.3, -0.25) is 0 Å². The molecule has 0 aromatic heterocycles. The predicted molar refractivity (Wildman–Crippen MR) is 65.0 cm³/mol. The van der Waals surface area contributed by atoms with Gasteiger partial charge in [-0.25, -0.2) is 0 Å². The van der Waals surface area contributed by atoms with Gasteiger partial charge >= 0.3 is 0 Å². The first-order valence-corrected chi connectivity index (χ1v) is 6.12. The molecule has 0 saturated heterocycles. The van der Waals surface area contributed by atoms with Gasteiger partial charge < -0.3 is 5.32 Å². The van der Waals surface area contributed by atoms with Crippen molar-refractivity contribution in [3.8, 4) is 0 Å². The quantitative estimate of drug-likeness (QED) is 0.866. The van der Waals surface area contributed by atoms with Gasteiger partial charge in [-0.2, -0.15) is 0 Å². The molecule has 1 saturated carbocycles. The summed E-state index contributed by atoms with van der Waals surface area (Å²) in [6.45, 7) is 1.07. The Kier molecular flexibility index (Phi) is 3.34. The van der Waals surface area contributed by atoms with E-state index >= 15 is 0 Å². The number of anilines is 1. The highest BCUT2D eigenvalue weighted by atomic mass is 79.9. The highest BCUT2D eigenvalue weighted by Gasteiger charge is 2.16. The molecule has 14 heavy (non-hydrogen) atoms. The van der Waals surface area contributed by atoms with Crippen molar-refractivity contribution in [1.82, 2.24) is 0 Å². The van der Waals surface area contributed by atoms with Crippen LogP contribution in [0.15, 0.2) is 22.7 Å². The Labute approximate surface area is 98.0 Å². The summed E-state index contributed by atoms with van der Waals surface area (Å²) in [6.07, 6.45) is 4.12. The van der Waals surface area contributed by atoms with Crippen LogP contribution in [0.25, 0.3) is 0 Å². The lowest BCUT2D eigenvalue weighted by Gasteiger charge is -2.26. The Balaban J connectivity index is 1.96. The van der Waals surface area contributed by atoms with E-state index in [1.165, 1.54) is 19.3 Å². The molecule has 0 spiro atoms. The minimum absolute atomic E-state index is 0.782. The number of nitrogens with one attached hydrogen (secondary N) is 1. The van der Waals surface area contributed by atoms with E-state index in [-0.39, 0.29) is 0 Å². The van der Waals surface area contributed by atoms with E-state index in [1.54, 1.807) is 0 Å². The molecule has 0 radical (unpaired) electrons. The molecule has 0 unspecified atom stereocenters. The molecule has 3 heteroatoms. The number of hydrogen-bond donors (Lipinski definition) is 1. The number of halogens is 2. The molecule has 0 amide bonds. The Morgan fingerprint density at radius 3 is 2.86 bits per heavy atom. The highest BCUT2D eigenvalue weighted by Crippen LogP contribution is 2.29.